The number of nitrogens with one attached hydrogen (secondary N) is 3. The van der Waals surface area contributed by atoms with Gasteiger partial charge in [0, 0.05) is 11.6 Å². The number of aryl methyl sites for hydroxylation is 3. The van der Waals surface area contributed by atoms with Crippen LogP contribution in [0.3, 0.4) is 0 Å². The lowest BCUT2D eigenvalue weighted by Crippen LogP contribution is -2.36. The van der Waals surface area contributed by atoms with Crippen molar-refractivity contribution in [3.63, 3.8) is 0 Å². The zero-order valence-corrected chi connectivity index (χ0v) is 22.2. The first-order valence-corrected chi connectivity index (χ1v) is 14.0. The van der Waals surface area contributed by atoms with E-state index in [0.29, 0.717) is 22.5 Å². The maximum atomic E-state index is 13.3. The van der Waals surface area contributed by atoms with E-state index in [1.165, 1.54) is 12.5 Å². The number of benzene rings is 3. The van der Waals surface area contributed by atoms with Crippen LogP contribution in [0, 0.1) is 20.8 Å². The quantitative estimate of drug-likeness (QED) is 0.371. The van der Waals surface area contributed by atoms with Gasteiger partial charge in [0.2, 0.25) is 0 Å². The van der Waals surface area contributed by atoms with Gasteiger partial charge in [-0.1, -0.05) is 49.6 Å². The summed E-state index contributed by atoms with van der Waals surface area (Å²) in [5.74, 6) is -0.728. The summed E-state index contributed by atoms with van der Waals surface area (Å²) in [5.41, 5.74) is 3.66. The molecule has 1 aliphatic carbocycles. The number of sulfonamides is 1. The lowest BCUT2D eigenvalue weighted by molar-refractivity contribution is 0.0928. The van der Waals surface area contributed by atoms with E-state index in [1.807, 2.05) is 26.0 Å². The summed E-state index contributed by atoms with van der Waals surface area (Å²) in [7, 11) is -3.94. The van der Waals surface area contributed by atoms with Crippen LogP contribution in [0.2, 0.25) is 0 Å². The minimum absolute atomic E-state index is 0.0179. The molecule has 0 saturated heterocycles. The van der Waals surface area contributed by atoms with Crippen LogP contribution in [0.4, 0.5) is 11.4 Å². The number of carbonyl (C=O) groups is 2. The monoisotopic (exact) mass is 519 g/mol. The molecule has 0 atom stereocenters. The molecule has 3 aromatic rings. The Morgan fingerprint density at radius 1 is 0.784 bits per heavy atom. The van der Waals surface area contributed by atoms with Gasteiger partial charge in [-0.05, 0) is 80.6 Å². The molecule has 0 unspecified atom stereocenters. The molecule has 0 spiro atoms. The van der Waals surface area contributed by atoms with Crippen LogP contribution in [0.25, 0.3) is 0 Å². The molecule has 0 heterocycles. The van der Waals surface area contributed by atoms with E-state index < -0.39 is 15.9 Å². The summed E-state index contributed by atoms with van der Waals surface area (Å²) in [5, 5.41) is 5.87. The van der Waals surface area contributed by atoms with Crippen molar-refractivity contribution in [3.05, 3.63) is 88.5 Å². The van der Waals surface area contributed by atoms with Gasteiger partial charge in [-0.15, -0.1) is 0 Å². The van der Waals surface area contributed by atoms with Gasteiger partial charge < -0.3 is 10.6 Å². The highest BCUT2D eigenvalue weighted by atomic mass is 32.2. The van der Waals surface area contributed by atoms with Gasteiger partial charge in [0.25, 0.3) is 21.8 Å². The van der Waals surface area contributed by atoms with Crippen molar-refractivity contribution in [2.24, 2.45) is 0 Å². The summed E-state index contributed by atoms with van der Waals surface area (Å²) >= 11 is 0. The summed E-state index contributed by atoms with van der Waals surface area (Å²) in [6.45, 7) is 5.40. The second-order valence-electron chi connectivity index (χ2n) is 9.71. The Kier molecular flexibility index (Phi) is 7.97. The third-order valence-corrected chi connectivity index (χ3v) is 8.25. The van der Waals surface area contributed by atoms with Crippen molar-refractivity contribution in [1.29, 1.82) is 0 Å². The Labute approximate surface area is 218 Å². The maximum Gasteiger partial charge on any atom is 0.262 e. The van der Waals surface area contributed by atoms with Crippen molar-refractivity contribution in [2.45, 2.75) is 63.8 Å². The third kappa shape index (κ3) is 6.38. The van der Waals surface area contributed by atoms with Crippen LogP contribution in [0.15, 0.2) is 65.6 Å². The summed E-state index contributed by atoms with van der Waals surface area (Å²) in [6.07, 6.45) is 5.29. The first-order chi connectivity index (χ1) is 17.6. The molecule has 37 heavy (non-hydrogen) atoms. The maximum absolute atomic E-state index is 13.3. The summed E-state index contributed by atoms with van der Waals surface area (Å²) in [4.78, 5) is 26.1. The fourth-order valence-electron chi connectivity index (χ4n) is 4.57. The minimum Gasteiger partial charge on any atom is -0.349 e. The van der Waals surface area contributed by atoms with Crippen LogP contribution < -0.4 is 15.4 Å². The van der Waals surface area contributed by atoms with Gasteiger partial charge in [-0.3, -0.25) is 14.3 Å². The highest BCUT2D eigenvalue weighted by molar-refractivity contribution is 7.92. The minimum atomic E-state index is -3.94. The summed E-state index contributed by atoms with van der Waals surface area (Å²) < 4.78 is 29.2. The molecule has 8 heteroatoms. The third-order valence-electron chi connectivity index (χ3n) is 6.74. The van der Waals surface area contributed by atoms with Crippen molar-refractivity contribution in [1.82, 2.24) is 5.32 Å². The predicted molar refractivity (Wildman–Crippen MR) is 147 cm³/mol. The molecule has 4 rings (SSSR count). The number of amides is 2. The Hall–Kier alpha value is -3.65. The largest absolute Gasteiger partial charge is 0.349 e. The highest BCUT2D eigenvalue weighted by Crippen LogP contribution is 2.25. The lowest BCUT2D eigenvalue weighted by atomic mass is 9.95. The molecule has 3 aromatic carbocycles. The molecule has 0 radical (unpaired) electrons. The van der Waals surface area contributed by atoms with Crippen LogP contribution in [0.5, 0.6) is 0 Å². The molecule has 194 valence electrons. The molecular weight excluding hydrogens is 486 g/mol. The van der Waals surface area contributed by atoms with Crippen molar-refractivity contribution in [3.8, 4) is 0 Å². The van der Waals surface area contributed by atoms with Gasteiger partial charge in [-0.2, -0.15) is 0 Å². The zero-order valence-electron chi connectivity index (χ0n) is 21.4. The van der Waals surface area contributed by atoms with Gasteiger partial charge in [0.15, 0.2) is 0 Å². The van der Waals surface area contributed by atoms with Gasteiger partial charge in [0.1, 0.15) is 0 Å². The molecule has 0 aromatic heterocycles. The van der Waals surface area contributed by atoms with Crippen LogP contribution in [0.1, 0.15) is 69.5 Å². The molecule has 2 amide bonds. The standard InChI is InChI=1S/C29H33N3O4S/c1-19-13-14-20(2)26(17-19)32-37(35,36)27-18-22(16-15-21(27)3)28(33)31-25-12-8-7-11-24(25)29(34)30-23-9-5-4-6-10-23/h7-8,11-18,23,32H,4-6,9-10H2,1-3H3,(H,30,34)(H,31,33). The van der Waals surface area contributed by atoms with E-state index in [4.69, 9.17) is 0 Å². The van der Waals surface area contributed by atoms with E-state index in [0.717, 1.165) is 36.8 Å². The Bertz CT molecular complexity index is 1430. The van der Waals surface area contributed by atoms with Crippen molar-refractivity contribution in [2.75, 3.05) is 10.0 Å². The first kappa shape index (κ1) is 26.4. The molecular formula is C29H33N3O4S. The molecule has 1 aliphatic rings. The molecule has 1 fully saturated rings. The number of rotatable bonds is 7. The Morgan fingerprint density at radius 3 is 2.24 bits per heavy atom. The van der Waals surface area contributed by atoms with Crippen LogP contribution in [-0.2, 0) is 10.0 Å². The summed E-state index contributed by atoms with van der Waals surface area (Å²) in [6, 6.07) is 17.1. The zero-order chi connectivity index (χ0) is 26.6. The van der Waals surface area contributed by atoms with E-state index in [2.05, 4.69) is 15.4 Å². The number of para-hydroxylation sites is 1. The number of hydrogen-bond acceptors (Lipinski definition) is 4. The lowest BCUT2D eigenvalue weighted by Gasteiger charge is -2.23. The van der Waals surface area contributed by atoms with E-state index >= 15 is 0 Å². The fourth-order valence-corrected chi connectivity index (χ4v) is 5.96. The van der Waals surface area contributed by atoms with Gasteiger partial charge >= 0.3 is 0 Å². The molecule has 3 N–H and O–H groups in total. The Morgan fingerprint density at radius 2 is 1.49 bits per heavy atom. The van der Waals surface area contributed by atoms with E-state index in [9.17, 15) is 18.0 Å². The molecule has 0 bridgehead atoms. The second kappa shape index (κ2) is 11.2. The molecule has 0 aliphatic heterocycles. The predicted octanol–water partition coefficient (Wildman–Crippen LogP) is 5.73. The topological polar surface area (TPSA) is 104 Å². The average Bonchev–Trinajstić information content (AvgIpc) is 2.87. The van der Waals surface area contributed by atoms with Crippen LogP contribution >= 0.6 is 0 Å². The fraction of sp³-hybridized carbons (Fsp3) is 0.310. The van der Waals surface area contributed by atoms with E-state index in [1.54, 1.807) is 49.4 Å². The first-order valence-electron chi connectivity index (χ1n) is 12.6. The van der Waals surface area contributed by atoms with Crippen molar-refractivity contribution >= 4 is 33.2 Å². The smallest absolute Gasteiger partial charge is 0.262 e. The normalized spacial score (nSPS) is 14.1. The average molecular weight is 520 g/mol. The SMILES string of the molecule is Cc1ccc(C)c(NS(=O)(=O)c2cc(C(=O)Nc3ccccc3C(=O)NC3CCCCC3)ccc2C)c1. The van der Waals surface area contributed by atoms with Gasteiger partial charge in [-0.25, -0.2) is 8.42 Å². The van der Waals surface area contributed by atoms with Crippen LogP contribution in [-0.4, -0.2) is 26.3 Å². The Balaban J connectivity index is 1.55. The molecule has 1 saturated carbocycles. The number of anilines is 2. The second-order valence-corrected chi connectivity index (χ2v) is 11.4. The van der Waals surface area contributed by atoms with E-state index in [-0.39, 0.29) is 22.4 Å². The number of carbonyl (C=O) groups excluding carboxylic acids is 2. The van der Waals surface area contributed by atoms with Crippen molar-refractivity contribution < 1.29 is 18.0 Å². The highest BCUT2D eigenvalue weighted by Gasteiger charge is 2.22. The number of hydrogen-bond donors (Lipinski definition) is 3. The molecule has 7 nitrogen and oxygen atoms in total. The van der Waals surface area contributed by atoms with Gasteiger partial charge in [0.05, 0.1) is 21.8 Å².